The van der Waals surface area contributed by atoms with Crippen molar-refractivity contribution in [1.29, 1.82) is 0 Å². The van der Waals surface area contributed by atoms with E-state index in [1.54, 1.807) is 31.4 Å². The van der Waals surface area contributed by atoms with Crippen LogP contribution in [-0.4, -0.2) is 48.4 Å². The third-order valence-electron chi connectivity index (χ3n) is 3.96. The number of amides is 1. The highest BCUT2D eigenvalue weighted by atomic mass is 32.2. The maximum atomic E-state index is 12.4. The van der Waals surface area contributed by atoms with Crippen LogP contribution in [-0.2, 0) is 21.4 Å². The lowest BCUT2D eigenvalue weighted by molar-refractivity contribution is -0.116. The van der Waals surface area contributed by atoms with E-state index in [-0.39, 0.29) is 17.5 Å². The van der Waals surface area contributed by atoms with E-state index in [4.69, 9.17) is 4.74 Å². The van der Waals surface area contributed by atoms with E-state index >= 15 is 0 Å². The fourth-order valence-corrected chi connectivity index (χ4v) is 4.14. The molecule has 2 aromatic rings. The predicted octanol–water partition coefficient (Wildman–Crippen LogP) is 1.31. The first kappa shape index (κ1) is 17.4. The van der Waals surface area contributed by atoms with Crippen molar-refractivity contribution in [3.63, 3.8) is 0 Å². The number of benzene rings is 1. The maximum Gasteiger partial charge on any atom is 0.262 e. The summed E-state index contributed by atoms with van der Waals surface area (Å²) in [6.07, 6.45) is 4.47. The molecule has 1 aromatic heterocycles. The van der Waals surface area contributed by atoms with E-state index < -0.39 is 10.0 Å². The van der Waals surface area contributed by atoms with Crippen LogP contribution in [0.3, 0.4) is 0 Å². The summed E-state index contributed by atoms with van der Waals surface area (Å²) in [6.45, 7) is 1.01. The minimum Gasteiger partial charge on any atom is -0.497 e. The molecule has 1 saturated heterocycles. The van der Waals surface area contributed by atoms with E-state index in [2.05, 4.69) is 10.3 Å². The monoisotopic (exact) mass is 364 g/mol. The molecule has 2 heterocycles. The molecular formula is C16H20N4O4S. The Morgan fingerprint density at radius 1 is 1.32 bits per heavy atom. The number of ether oxygens (including phenoxy) is 1. The molecule has 25 heavy (non-hydrogen) atoms. The highest BCUT2D eigenvalue weighted by Crippen LogP contribution is 2.19. The van der Waals surface area contributed by atoms with Gasteiger partial charge in [-0.1, -0.05) is 6.07 Å². The number of rotatable bonds is 6. The van der Waals surface area contributed by atoms with Gasteiger partial charge in [-0.2, -0.15) is 4.31 Å². The third kappa shape index (κ3) is 3.99. The zero-order chi connectivity index (χ0) is 17.9. The molecule has 3 rings (SSSR count). The van der Waals surface area contributed by atoms with Gasteiger partial charge in [0, 0.05) is 31.0 Å². The molecule has 1 aromatic carbocycles. The van der Waals surface area contributed by atoms with Crippen molar-refractivity contribution in [1.82, 2.24) is 13.9 Å². The lowest BCUT2D eigenvalue weighted by Gasteiger charge is -2.12. The number of nitrogens with one attached hydrogen (secondary N) is 1. The number of nitrogens with zero attached hydrogens (tertiary/aromatic N) is 3. The number of carbonyl (C=O) groups excluding carboxylic acids is 1. The molecule has 0 spiro atoms. The number of aromatic nitrogens is 2. The summed E-state index contributed by atoms with van der Waals surface area (Å²) in [5.41, 5.74) is 0.606. The summed E-state index contributed by atoms with van der Waals surface area (Å²) < 4.78 is 32.9. The van der Waals surface area contributed by atoms with Gasteiger partial charge in [0.1, 0.15) is 12.3 Å². The standard InChI is InChI=1S/C16H20N4O4S/c1-24-14-6-4-5-13(9-14)18-15(21)10-19-11-16(17-12-19)25(22,23)20-7-2-3-8-20/h4-6,9,11-12H,2-3,7-8,10H2,1H3,(H,18,21). The molecule has 0 unspecified atom stereocenters. The van der Waals surface area contributed by atoms with Crippen LogP contribution in [0.15, 0.2) is 41.8 Å². The first-order chi connectivity index (χ1) is 12.0. The smallest absolute Gasteiger partial charge is 0.262 e. The van der Waals surface area contributed by atoms with Gasteiger partial charge in [-0.3, -0.25) is 4.79 Å². The topological polar surface area (TPSA) is 93.5 Å². The molecule has 0 bridgehead atoms. The van der Waals surface area contributed by atoms with E-state index in [1.807, 2.05) is 0 Å². The van der Waals surface area contributed by atoms with Crippen molar-refractivity contribution in [3.05, 3.63) is 36.8 Å². The minimum atomic E-state index is -3.57. The summed E-state index contributed by atoms with van der Waals surface area (Å²) in [4.78, 5) is 16.1. The summed E-state index contributed by atoms with van der Waals surface area (Å²) in [5, 5.41) is 2.72. The number of imidazole rings is 1. The van der Waals surface area contributed by atoms with Crippen molar-refractivity contribution in [3.8, 4) is 5.75 Å². The molecule has 134 valence electrons. The highest BCUT2D eigenvalue weighted by molar-refractivity contribution is 7.89. The summed E-state index contributed by atoms with van der Waals surface area (Å²) in [5.74, 6) is 0.357. The van der Waals surface area contributed by atoms with Gasteiger partial charge in [0.15, 0.2) is 5.03 Å². The van der Waals surface area contributed by atoms with E-state index in [9.17, 15) is 13.2 Å². The van der Waals surface area contributed by atoms with Gasteiger partial charge >= 0.3 is 0 Å². The Balaban J connectivity index is 1.65. The van der Waals surface area contributed by atoms with Crippen LogP contribution in [0.25, 0.3) is 0 Å². The minimum absolute atomic E-state index is 0.0245. The Labute approximate surface area is 146 Å². The van der Waals surface area contributed by atoms with Gasteiger partial charge < -0.3 is 14.6 Å². The molecule has 1 aliphatic heterocycles. The molecular weight excluding hydrogens is 344 g/mol. The number of hydrogen-bond acceptors (Lipinski definition) is 5. The summed E-state index contributed by atoms with van der Waals surface area (Å²) in [6, 6.07) is 7.00. The molecule has 1 N–H and O–H groups in total. The summed E-state index contributed by atoms with van der Waals surface area (Å²) >= 11 is 0. The van der Waals surface area contributed by atoms with E-state index in [0.717, 1.165) is 12.8 Å². The van der Waals surface area contributed by atoms with Crippen LogP contribution in [0.2, 0.25) is 0 Å². The highest BCUT2D eigenvalue weighted by Gasteiger charge is 2.29. The second-order valence-corrected chi connectivity index (χ2v) is 7.66. The first-order valence-corrected chi connectivity index (χ1v) is 9.39. The van der Waals surface area contributed by atoms with Gasteiger partial charge in [0.25, 0.3) is 10.0 Å². The molecule has 0 saturated carbocycles. The molecule has 0 radical (unpaired) electrons. The molecule has 9 heteroatoms. The Hall–Kier alpha value is -2.39. The van der Waals surface area contributed by atoms with Gasteiger partial charge in [-0.15, -0.1) is 0 Å². The Kier molecular flexibility index (Phi) is 5.05. The van der Waals surface area contributed by atoms with Crippen LogP contribution in [0, 0.1) is 0 Å². The lowest BCUT2D eigenvalue weighted by atomic mass is 10.3. The van der Waals surface area contributed by atoms with Gasteiger partial charge in [-0.05, 0) is 25.0 Å². The second-order valence-electron chi connectivity index (χ2n) is 5.78. The molecule has 1 aliphatic rings. The number of anilines is 1. The van der Waals surface area contributed by atoms with Gasteiger partial charge in [-0.25, -0.2) is 13.4 Å². The fourth-order valence-electron chi connectivity index (χ4n) is 2.69. The van der Waals surface area contributed by atoms with Crippen LogP contribution >= 0.6 is 0 Å². The normalized spacial score (nSPS) is 15.2. The lowest BCUT2D eigenvalue weighted by Crippen LogP contribution is -2.28. The van der Waals surface area contributed by atoms with E-state index in [1.165, 1.54) is 21.4 Å². The Morgan fingerprint density at radius 3 is 2.80 bits per heavy atom. The van der Waals surface area contributed by atoms with Crippen molar-refractivity contribution in [2.24, 2.45) is 0 Å². The molecule has 1 amide bonds. The van der Waals surface area contributed by atoms with Crippen molar-refractivity contribution in [2.75, 3.05) is 25.5 Å². The van der Waals surface area contributed by atoms with Gasteiger partial charge in [0.05, 0.1) is 13.4 Å². The number of sulfonamides is 1. The van der Waals surface area contributed by atoms with Crippen molar-refractivity contribution in [2.45, 2.75) is 24.4 Å². The fraction of sp³-hybridized carbons (Fsp3) is 0.375. The largest absolute Gasteiger partial charge is 0.497 e. The Bertz CT molecular complexity index is 857. The van der Waals surface area contributed by atoms with Crippen LogP contribution in [0.5, 0.6) is 5.75 Å². The quantitative estimate of drug-likeness (QED) is 0.834. The molecule has 8 nitrogen and oxygen atoms in total. The summed E-state index contributed by atoms with van der Waals surface area (Å²) in [7, 11) is -2.02. The molecule has 0 atom stereocenters. The third-order valence-corrected chi connectivity index (χ3v) is 5.74. The average Bonchev–Trinajstić information content (AvgIpc) is 3.27. The van der Waals surface area contributed by atoms with Crippen molar-refractivity contribution >= 4 is 21.6 Å². The van der Waals surface area contributed by atoms with Crippen LogP contribution in [0.1, 0.15) is 12.8 Å². The predicted molar refractivity (Wildman–Crippen MR) is 91.8 cm³/mol. The van der Waals surface area contributed by atoms with Gasteiger partial charge in [0.2, 0.25) is 5.91 Å². The first-order valence-electron chi connectivity index (χ1n) is 7.95. The SMILES string of the molecule is COc1cccc(NC(=O)Cn2cnc(S(=O)(=O)N3CCCC3)c2)c1. The number of methoxy groups -OCH3 is 1. The second kappa shape index (κ2) is 7.24. The zero-order valence-corrected chi connectivity index (χ0v) is 14.7. The number of hydrogen-bond donors (Lipinski definition) is 1. The van der Waals surface area contributed by atoms with Crippen LogP contribution < -0.4 is 10.1 Å². The average molecular weight is 364 g/mol. The van der Waals surface area contributed by atoms with Crippen molar-refractivity contribution < 1.29 is 17.9 Å². The zero-order valence-electron chi connectivity index (χ0n) is 13.9. The Morgan fingerprint density at radius 2 is 2.08 bits per heavy atom. The number of carbonyl (C=O) groups is 1. The molecule has 1 fully saturated rings. The van der Waals surface area contributed by atoms with E-state index in [0.29, 0.717) is 24.5 Å². The maximum absolute atomic E-state index is 12.4. The molecule has 0 aliphatic carbocycles. The van der Waals surface area contributed by atoms with Crippen LogP contribution in [0.4, 0.5) is 5.69 Å².